The normalized spacial score (nSPS) is 12.8. The number of aromatic nitrogens is 2. The van der Waals surface area contributed by atoms with Gasteiger partial charge in [-0.05, 0) is 6.92 Å². The molecule has 1 aromatic rings. The Morgan fingerprint density at radius 1 is 1.91 bits per heavy atom. The molecule has 0 aromatic carbocycles. The highest BCUT2D eigenvalue weighted by atomic mass is 16.4. The van der Waals surface area contributed by atoms with Crippen molar-refractivity contribution >= 4 is 11.7 Å². The molecule has 0 fully saturated rings. The number of nitrogens with two attached hydrogens (primary N) is 1. The number of anilines is 1. The smallest absolute Gasteiger partial charge is 0.328 e. The third-order valence-electron chi connectivity index (χ3n) is 1.38. The Morgan fingerprint density at radius 2 is 2.55 bits per heavy atom. The number of rotatable bonds is 2. The Morgan fingerprint density at radius 3 is 2.91 bits per heavy atom. The lowest BCUT2D eigenvalue weighted by molar-refractivity contribution is -0.140. The lowest BCUT2D eigenvalue weighted by atomic mass is 10.3. The van der Waals surface area contributed by atoms with Crippen molar-refractivity contribution < 1.29 is 9.90 Å². The quantitative estimate of drug-likeness (QED) is 0.635. The van der Waals surface area contributed by atoms with Gasteiger partial charge in [-0.1, -0.05) is 0 Å². The van der Waals surface area contributed by atoms with Crippen LogP contribution in [0.5, 0.6) is 0 Å². The molecule has 0 aliphatic carbocycles. The van der Waals surface area contributed by atoms with Gasteiger partial charge in [0.1, 0.15) is 6.04 Å². The molecule has 5 heteroatoms. The number of carbonyl (C=O) groups is 1. The Labute approximate surface area is 63.4 Å². The van der Waals surface area contributed by atoms with Crippen LogP contribution in [-0.4, -0.2) is 20.9 Å². The maximum Gasteiger partial charge on any atom is 0.328 e. The van der Waals surface area contributed by atoms with E-state index >= 15 is 0 Å². The van der Waals surface area contributed by atoms with E-state index in [2.05, 4.69) is 5.10 Å². The van der Waals surface area contributed by atoms with Crippen LogP contribution in [-0.2, 0) is 4.79 Å². The van der Waals surface area contributed by atoms with E-state index in [0.717, 1.165) is 0 Å². The van der Waals surface area contributed by atoms with Crippen LogP contribution in [0.3, 0.4) is 0 Å². The van der Waals surface area contributed by atoms with Gasteiger partial charge in [0.05, 0.1) is 11.9 Å². The summed E-state index contributed by atoms with van der Waals surface area (Å²) in [6, 6.07) is -0.660. The van der Waals surface area contributed by atoms with Gasteiger partial charge in [0.2, 0.25) is 0 Å². The number of hydrogen-bond acceptors (Lipinski definition) is 3. The van der Waals surface area contributed by atoms with Crippen LogP contribution in [0.25, 0.3) is 0 Å². The number of hydrogen-bond donors (Lipinski definition) is 2. The van der Waals surface area contributed by atoms with Crippen LogP contribution in [0, 0.1) is 0 Å². The van der Waals surface area contributed by atoms with Crippen molar-refractivity contribution in [2.45, 2.75) is 13.0 Å². The highest BCUT2D eigenvalue weighted by molar-refractivity contribution is 5.71. The molecule has 0 aliphatic rings. The number of carboxylic acids is 1. The predicted molar refractivity (Wildman–Crippen MR) is 39.0 cm³/mol. The average molecular weight is 155 g/mol. The molecule has 60 valence electrons. The van der Waals surface area contributed by atoms with E-state index in [1.807, 2.05) is 0 Å². The third kappa shape index (κ3) is 1.49. The lowest BCUT2D eigenvalue weighted by Crippen LogP contribution is -2.15. The van der Waals surface area contributed by atoms with Gasteiger partial charge in [-0.25, -0.2) is 4.79 Å². The maximum absolute atomic E-state index is 10.4. The molecule has 0 saturated heterocycles. The van der Waals surface area contributed by atoms with Crippen molar-refractivity contribution in [3.63, 3.8) is 0 Å². The molecule has 1 rings (SSSR count). The summed E-state index contributed by atoms with van der Waals surface area (Å²) in [5.41, 5.74) is 5.81. The summed E-state index contributed by atoms with van der Waals surface area (Å²) in [6.45, 7) is 1.54. The molecule has 1 unspecified atom stereocenters. The largest absolute Gasteiger partial charge is 0.480 e. The van der Waals surface area contributed by atoms with Gasteiger partial charge < -0.3 is 10.8 Å². The van der Waals surface area contributed by atoms with Gasteiger partial charge in [0.15, 0.2) is 0 Å². The van der Waals surface area contributed by atoms with Crippen LogP contribution in [0.2, 0.25) is 0 Å². The molecule has 1 atom stereocenters. The van der Waals surface area contributed by atoms with Gasteiger partial charge in [-0.15, -0.1) is 0 Å². The van der Waals surface area contributed by atoms with E-state index in [4.69, 9.17) is 10.8 Å². The Balaban J connectivity index is 2.84. The molecule has 0 bridgehead atoms. The summed E-state index contributed by atoms with van der Waals surface area (Å²) in [4.78, 5) is 10.4. The molecule has 0 saturated carbocycles. The zero-order chi connectivity index (χ0) is 8.43. The van der Waals surface area contributed by atoms with Crippen molar-refractivity contribution in [2.75, 3.05) is 5.73 Å². The first-order valence-electron chi connectivity index (χ1n) is 3.13. The van der Waals surface area contributed by atoms with Gasteiger partial charge in [0, 0.05) is 6.20 Å². The second-order valence-corrected chi connectivity index (χ2v) is 2.27. The van der Waals surface area contributed by atoms with Crippen LogP contribution in [0.15, 0.2) is 12.4 Å². The molecule has 1 heterocycles. The van der Waals surface area contributed by atoms with Crippen molar-refractivity contribution in [3.8, 4) is 0 Å². The van der Waals surface area contributed by atoms with Crippen molar-refractivity contribution in [2.24, 2.45) is 0 Å². The fourth-order valence-electron chi connectivity index (χ4n) is 0.678. The number of carboxylic acid groups (broad SMARTS) is 1. The maximum atomic E-state index is 10.4. The molecule has 3 N–H and O–H groups in total. The molecule has 0 radical (unpaired) electrons. The van der Waals surface area contributed by atoms with E-state index in [1.165, 1.54) is 24.0 Å². The van der Waals surface area contributed by atoms with Gasteiger partial charge in [0.25, 0.3) is 0 Å². The number of aliphatic carboxylic acids is 1. The van der Waals surface area contributed by atoms with Crippen LogP contribution < -0.4 is 5.73 Å². The Bertz CT molecular complexity index is 269. The summed E-state index contributed by atoms with van der Waals surface area (Å²) < 4.78 is 1.30. The van der Waals surface area contributed by atoms with E-state index in [-0.39, 0.29) is 0 Å². The van der Waals surface area contributed by atoms with Crippen LogP contribution >= 0.6 is 0 Å². The summed E-state index contributed by atoms with van der Waals surface area (Å²) in [5.74, 6) is -0.923. The zero-order valence-corrected chi connectivity index (χ0v) is 6.06. The molecule has 1 aromatic heterocycles. The molecule has 0 spiro atoms. The van der Waals surface area contributed by atoms with Gasteiger partial charge in [-0.3, -0.25) is 4.68 Å². The minimum Gasteiger partial charge on any atom is -0.480 e. The zero-order valence-electron chi connectivity index (χ0n) is 6.06. The topological polar surface area (TPSA) is 81.1 Å². The SMILES string of the molecule is CC(C(=O)O)n1cc(N)cn1. The molecule has 0 amide bonds. The molecular weight excluding hydrogens is 146 g/mol. The minimum atomic E-state index is -0.923. The molecule has 11 heavy (non-hydrogen) atoms. The fourth-order valence-corrected chi connectivity index (χ4v) is 0.678. The van der Waals surface area contributed by atoms with Gasteiger partial charge in [-0.2, -0.15) is 5.10 Å². The first-order valence-corrected chi connectivity index (χ1v) is 3.13. The van der Waals surface area contributed by atoms with Crippen molar-refractivity contribution in [3.05, 3.63) is 12.4 Å². The highest BCUT2D eigenvalue weighted by Crippen LogP contribution is 2.06. The number of nitrogens with zero attached hydrogens (tertiary/aromatic N) is 2. The monoisotopic (exact) mass is 155 g/mol. The second-order valence-electron chi connectivity index (χ2n) is 2.27. The molecule has 0 aliphatic heterocycles. The summed E-state index contributed by atoms with van der Waals surface area (Å²) >= 11 is 0. The summed E-state index contributed by atoms with van der Waals surface area (Å²) in [5, 5.41) is 12.3. The molecule has 5 nitrogen and oxygen atoms in total. The van der Waals surface area contributed by atoms with Gasteiger partial charge >= 0.3 is 5.97 Å². The minimum absolute atomic E-state index is 0.470. The molecular formula is C6H9N3O2. The summed E-state index contributed by atoms with van der Waals surface area (Å²) in [6.07, 6.45) is 2.90. The van der Waals surface area contributed by atoms with E-state index in [0.29, 0.717) is 5.69 Å². The number of nitrogen functional groups attached to an aromatic ring is 1. The lowest BCUT2D eigenvalue weighted by Gasteiger charge is -2.04. The standard InChI is InChI=1S/C6H9N3O2/c1-4(6(10)11)9-3-5(7)2-8-9/h2-4H,7H2,1H3,(H,10,11). The van der Waals surface area contributed by atoms with Crippen molar-refractivity contribution in [1.29, 1.82) is 0 Å². The second kappa shape index (κ2) is 2.61. The Hall–Kier alpha value is -1.52. The fraction of sp³-hybridized carbons (Fsp3) is 0.333. The first kappa shape index (κ1) is 7.59. The average Bonchev–Trinajstić information content (AvgIpc) is 2.34. The third-order valence-corrected chi connectivity index (χ3v) is 1.38. The Kier molecular flexibility index (Phi) is 1.80. The van der Waals surface area contributed by atoms with Crippen LogP contribution in [0.4, 0.5) is 5.69 Å². The van der Waals surface area contributed by atoms with E-state index in [9.17, 15) is 4.79 Å². The van der Waals surface area contributed by atoms with E-state index in [1.54, 1.807) is 0 Å². The highest BCUT2D eigenvalue weighted by Gasteiger charge is 2.12. The summed E-state index contributed by atoms with van der Waals surface area (Å²) in [7, 11) is 0. The van der Waals surface area contributed by atoms with Crippen LogP contribution in [0.1, 0.15) is 13.0 Å². The van der Waals surface area contributed by atoms with Crippen molar-refractivity contribution in [1.82, 2.24) is 9.78 Å². The van der Waals surface area contributed by atoms with E-state index < -0.39 is 12.0 Å². The first-order chi connectivity index (χ1) is 5.11. The predicted octanol–water partition coefficient (Wildman–Crippen LogP) is 0.111.